The Balaban J connectivity index is 1.55. The third-order valence-electron chi connectivity index (χ3n) is 4.15. The fraction of sp³-hybridized carbons (Fsp3) is 0.500. The Morgan fingerprint density at radius 2 is 2.00 bits per heavy atom. The SMILES string of the molecule is OC1CCN(CCC2=Cc3ccccc3CN2)CC1. The second-order valence-electron chi connectivity index (χ2n) is 5.54. The number of rotatable bonds is 3. The van der Waals surface area contributed by atoms with Gasteiger partial charge < -0.3 is 15.3 Å². The molecule has 19 heavy (non-hydrogen) atoms. The molecule has 102 valence electrons. The van der Waals surface area contributed by atoms with E-state index in [1.54, 1.807) is 0 Å². The average molecular weight is 258 g/mol. The molecule has 0 amide bonds. The monoisotopic (exact) mass is 258 g/mol. The first-order valence-electron chi connectivity index (χ1n) is 7.24. The summed E-state index contributed by atoms with van der Waals surface area (Å²) in [5.74, 6) is 0. The highest BCUT2D eigenvalue weighted by atomic mass is 16.3. The van der Waals surface area contributed by atoms with Crippen molar-refractivity contribution in [2.45, 2.75) is 31.9 Å². The molecule has 2 aliphatic rings. The van der Waals surface area contributed by atoms with Crippen LogP contribution in [0.2, 0.25) is 0 Å². The van der Waals surface area contributed by atoms with Crippen LogP contribution in [0.3, 0.4) is 0 Å². The lowest BCUT2D eigenvalue weighted by atomic mass is 10.0. The van der Waals surface area contributed by atoms with E-state index in [4.69, 9.17) is 0 Å². The number of aliphatic hydroxyl groups excluding tert-OH is 1. The Kier molecular flexibility index (Phi) is 3.85. The van der Waals surface area contributed by atoms with E-state index in [1.807, 2.05) is 0 Å². The van der Waals surface area contributed by atoms with Gasteiger partial charge in [-0.1, -0.05) is 24.3 Å². The van der Waals surface area contributed by atoms with Crippen molar-refractivity contribution in [3.8, 4) is 0 Å². The minimum atomic E-state index is -0.0739. The van der Waals surface area contributed by atoms with Crippen molar-refractivity contribution < 1.29 is 5.11 Å². The van der Waals surface area contributed by atoms with Crippen LogP contribution in [0.5, 0.6) is 0 Å². The first-order chi connectivity index (χ1) is 9.31. The second kappa shape index (κ2) is 5.76. The quantitative estimate of drug-likeness (QED) is 0.870. The zero-order chi connectivity index (χ0) is 13.1. The van der Waals surface area contributed by atoms with E-state index in [2.05, 4.69) is 40.6 Å². The summed E-state index contributed by atoms with van der Waals surface area (Å²) in [7, 11) is 0. The summed E-state index contributed by atoms with van der Waals surface area (Å²) in [6.07, 6.45) is 5.13. The molecule has 0 atom stereocenters. The van der Waals surface area contributed by atoms with Gasteiger partial charge in [0.15, 0.2) is 0 Å². The van der Waals surface area contributed by atoms with Gasteiger partial charge in [0.25, 0.3) is 0 Å². The number of piperidine rings is 1. The summed E-state index contributed by atoms with van der Waals surface area (Å²) in [5.41, 5.74) is 4.07. The third kappa shape index (κ3) is 3.17. The number of fused-ring (bicyclic) bond motifs is 1. The molecule has 2 heterocycles. The molecule has 3 rings (SSSR count). The van der Waals surface area contributed by atoms with Crippen LogP contribution in [0.15, 0.2) is 30.0 Å². The lowest BCUT2D eigenvalue weighted by molar-refractivity contribution is 0.0830. The maximum atomic E-state index is 9.50. The van der Waals surface area contributed by atoms with Crippen molar-refractivity contribution in [3.63, 3.8) is 0 Å². The minimum absolute atomic E-state index is 0.0739. The van der Waals surface area contributed by atoms with E-state index in [9.17, 15) is 5.11 Å². The number of nitrogens with one attached hydrogen (secondary N) is 1. The maximum Gasteiger partial charge on any atom is 0.0564 e. The molecular formula is C16H22N2O. The van der Waals surface area contributed by atoms with Crippen LogP contribution < -0.4 is 5.32 Å². The Hall–Kier alpha value is -1.32. The predicted molar refractivity (Wildman–Crippen MR) is 77.6 cm³/mol. The molecule has 0 aliphatic carbocycles. The Morgan fingerprint density at radius 3 is 2.84 bits per heavy atom. The molecule has 3 heteroatoms. The Bertz CT molecular complexity index is 462. The van der Waals surface area contributed by atoms with Crippen LogP contribution in [0, 0.1) is 0 Å². The summed E-state index contributed by atoms with van der Waals surface area (Å²) < 4.78 is 0. The molecule has 1 fully saturated rings. The van der Waals surface area contributed by atoms with Gasteiger partial charge in [0.1, 0.15) is 0 Å². The molecule has 2 N–H and O–H groups in total. The van der Waals surface area contributed by atoms with E-state index in [-0.39, 0.29) is 6.10 Å². The minimum Gasteiger partial charge on any atom is -0.393 e. The highest BCUT2D eigenvalue weighted by molar-refractivity contribution is 5.58. The summed E-state index contributed by atoms with van der Waals surface area (Å²) in [4.78, 5) is 2.45. The normalized spacial score (nSPS) is 20.6. The first-order valence-corrected chi connectivity index (χ1v) is 7.24. The predicted octanol–water partition coefficient (Wildman–Crippen LogP) is 1.98. The van der Waals surface area contributed by atoms with E-state index in [0.717, 1.165) is 45.4 Å². The Morgan fingerprint density at radius 1 is 1.21 bits per heavy atom. The van der Waals surface area contributed by atoms with Crippen LogP contribution >= 0.6 is 0 Å². The van der Waals surface area contributed by atoms with Crippen molar-refractivity contribution >= 4 is 6.08 Å². The second-order valence-corrected chi connectivity index (χ2v) is 5.54. The van der Waals surface area contributed by atoms with E-state index >= 15 is 0 Å². The number of aliphatic hydroxyl groups is 1. The molecule has 1 aromatic carbocycles. The molecular weight excluding hydrogens is 236 g/mol. The number of hydrogen-bond donors (Lipinski definition) is 2. The lowest BCUT2D eigenvalue weighted by Gasteiger charge is -2.30. The number of likely N-dealkylation sites (tertiary alicyclic amines) is 1. The number of hydrogen-bond acceptors (Lipinski definition) is 3. The summed E-state index contributed by atoms with van der Waals surface area (Å²) in [5, 5.41) is 13.0. The summed E-state index contributed by atoms with van der Waals surface area (Å²) in [6.45, 7) is 4.10. The van der Waals surface area contributed by atoms with Gasteiger partial charge in [0.05, 0.1) is 6.10 Å². The van der Waals surface area contributed by atoms with Crippen molar-refractivity contribution in [2.75, 3.05) is 19.6 Å². The molecule has 3 nitrogen and oxygen atoms in total. The van der Waals surface area contributed by atoms with Gasteiger partial charge in [-0.25, -0.2) is 0 Å². The third-order valence-corrected chi connectivity index (χ3v) is 4.15. The van der Waals surface area contributed by atoms with Crippen molar-refractivity contribution in [1.29, 1.82) is 0 Å². The first kappa shape index (κ1) is 12.7. The van der Waals surface area contributed by atoms with Crippen molar-refractivity contribution in [3.05, 3.63) is 41.1 Å². The standard InChI is InChI=1S/C16H22N2O/c19-16-6-9-18(10-7-16)8-5-15-11-13-3-1-2-4-14(13)12-17-15/h1-4,11,16-17,19H,5-10,12H2. The average Bonchev–Trinajstić information content (AvgIpc) is 2.46. The fourth-order valence-corrected chi connectivity index (χ4v) is 2.87. The van der Waals surface area contributed by atoms with E-state index in [1.165, 1.54) is 16.8 Å². The van der Waals surface area contributed by atoms with Gasteiger partial charge in [-0.05, 0) is 36.5 Å². The van der Waals surface area contributed by atoms with Crippen molar-refractivity contribution in [1.82, 2.24) is 10.2 Å². The molecule has 0 unspecified atom stereocenters. The van der Waals surface area contributed by atoms with Crippen LogP contribution in [-0.4, -0.2) is 35.7 Å². The van der Waals surface area contributed by atoms with E-state index < -0.39 is 0 Å². The summed E-state index contributed by atoms with van der Waals surface area (Å²) >= 11 is 0. The van der Waals surface area contributed by atoms with Gasteiger partial charge in [-0.15, -0.1) is 0 Å². The van der Waals surface area contributed by atoms with Crippen LogP contribution in [0.1, 0.15) is 30.4 Å². The maximum absolute atomic E-state index is 9.50. The molecule has 0 radical (unpaired) electrons. The molecule has 1 aromatic rings. The van der Waals surface area contributed by atoms with Gasteiger partial charge in [0.2, 0.25) is 0 Å². The van der Waals surface area contributed by atoms with Gasteiger partial charge in [0, 0.05) is 31.9 Å². The zero-order valence-corrected chi connectivity index (χ0v) is 11.3. The van der Waals surface area contributed by atoms with E-state index in [0.29, 0.717) is 0 Å². The molecule has 1 saturated heterocycles. The van der Waals surface area contributed by atoms with Crippen LogP contribution in [0.25, 0.3) is 6.08 Å². The molecule has 2 aliphatic heterocycles. The van der Waals surface area contributed by atoms with Gasteiger partial charge in [-0.3, -0.25) is 0 Å². The molecule has 0 bridgehead atoms. The fourth-order valence-electron chi connectivity index (χ4n) is 2.87. The summed E-state index contributed by atoms with van der Waals surface area (Å²) in [6, 6.07) is 8.57. The van der Waals surface area contributed by atoms with Gasteiger partial charge >= 0.3 is 0 Å². The highest BCUT2D eigenvalue weighted by Crippen LogP contribution is 2.19. The highest BCUT2D eigenvalue weighted by Gasteiger charge is 2.17. The lowest BCUT2D eigenvalue weighted by Crippen LogP contribution is -2.37. The smallest absolute Gasteiger partial charge is 0.0564 e. The zero-order valence-electron chi connectivity index (χ0n) is 11.3. The van der Waals surface area contributed by atoms with Crippen molar-refractivity contribution in [2.24, 2.45) is 0 Å². The topological polar surface area (TPSA) is 35.5 Å². The molecule has 0 saturated carbocycles. The Labute approximate surface area is 114 Å². The molecule has 0 aromatic heterocycles. The molecule has 0 spiro atoms. The largest absolute Gasteiger partial charge is 0.393 e. The number of benzene rings is 1. The van der Waals surface area contributed by atoms with Crippen LogP contribution in [-0.2, 0) is 6.54 Å². The van der Waals surface area contributed by atoms with Gasteiger partial charge in [-0.2, -0.15) is 0 Å². The van der Waals surface area contributed by atoms with Crippen LogP contribution in [0.4, 0.5) is 0 Å². The number of nitrogens with zero attached hydrogens (tertiary/aromatic N) is 1.